The van der Waals surface area contributed by atoms with Crippen LogP contribution in [0.15, 0.2) is 42.6 Å². The minimum Gasteiger partial charge on any atom is -0.398 e. The molecule has 3 rings (SSSR count). The molecule has 2 aromatic rings. The molecule has 0 spiro atoms. The molecule has 3 heterocycles. The zero-order valence-electron chi connectivity index (χ0n) is 14.2. The fourth-order valence-electron chi connectivity index (χ4n) is 2.34. The summed E-state index contributed by atoms with van der Waals surface area (Å²) in [6, 6.07) is 3.60. The van der Waals surface area contributed by atoms with Crippen molar-refractivity contribution in [3.8, 4) is 11.3 Å². The number of hydrogen-bond acceptors (Lipinski definition) is 5. The van der Waals surface area contributed by atoms with Gasteiger partial charge in [0, 0.05) is 30.4 Å². The summed E-state index contributed by atoms with van der Waals surface area (Å²) in [6.07, 6.45) is 7.71. The highest BCUT2D eigenvalue weighted by Gasteiger charge is 2.53. The molecule has 0 aromatic carbocycles. The molecular weight excluding hydrogens is 308 g/mol. The Hall–Kier alpha value is -2.12. The second kappa shape index (κ2) is 6.07. The summed E-state index contributed by atoms with van der Waals surface area (Å²) in [5.74, 6) is 0. The van der Waals surface area contributed by atoms with E-state index in [1.54, 1.807) is 30.7 Å². The average molecular weight is 327 g/mol. The van der Waals surface area contributed by atoms with E-state index in [4.69, 9.17) is 9.31 Å². The van der Waals surface area contributed by atoms with E-state index in [-0.39, 0.29) is 0 Å². The summed E-state index contributed by atoms with van der Waals surface area (Å²) in [5.41, 5.74) is 0.0659. The van der Waals surface area contributed by atoms with Crippen LogP contribution in [0.4, 0.5) is 4.39 Å². The first-order valence-electron chi connectivity index (χ1n) is 7.74. The van der Waals surface area contributed by atoms with Gasteiger partial charge >= 0.3 is 7.12 Å². The third-order valence-electron chi connectivity index (χ3n) is 4.43. The molecule has 124 valence electrons. The molecule has 1 aliphatic rings. The number of pyridine rings is 1. The van der Waals surface area contributed by atoms with Crippen molar-refractivity contribution in [3.05, 3.63) is 48.3 Å². The van der Waals surface area contributed by atoms with E-state index in [0.29, 0.717) is 11.4 Å². The summed E-state index contributed by atoms with van der Waals surface area (Å²) >= 11 is 0. The maximum absolute atomic E-state index is 14.7. The van der Waals surface area contributed by atoms with Crippen LogP contribution in [0, 0.1) is 0 Å². The van der Waals surface area contributed by atoms with Crippen LogP contribution in [0.2, 0.25) is 0 Å². The van der Waals surface area contributed by atoms with Crippen molar-refractivity contribution < 1.29 is 13.7 Å². The average Bonchev–Trinajstić information content (AvgIpc) is 2.77. The van der Waals surface area contributed by atoms with Gasteiger partial charge in [-0.05, 0) is 45.9 Å². The van der Waals surface area contributed by atoms with Crippen molar-refractivity contribution in [2.45, 2.75) is 38.9 Å². The van der Waals surface area contributed by atoms with E-state index in [0.717, 1.165) is 5.56 Å². The first-order chi connectivity index (χ1) is 11.3. The molecule has 0 amide bonds. The molecule has 1 fully saturated rings. The molecule has 0 atom stereocenters. The Kier molecular flexibility index (Phi) is 4.23. The summed E-state index contributed by atoms with van der Waals surface area (Å²) in [5, 5.41) is 0. The molecule has 5 nitrogen and oxygen atoms in total. The Morgan fingerprint density at radius 3 is 2.21 bits per heavy atom. The van der Waals surface area contributed by atoms with Crippen LogP contribution >= 0.6 is 0 Å². The molecule has 0 N–H and O–H groups in total. The van der Waals surface area contributed by atoms with Crippen molar-refractivity contribution >= 4 is 13.2 Å². The van der Waals surface area contributed by atoms with Crippen molar-refractivity contribution in [1.82, 2.24) is 15.0 Å². The van der Waals surface area contributed by atoms with Crippen molar-refractivity contribution in [1.29, 1.82) is 0 Å². The standard InChI is InChI=1S/C17H19BFN3O2/c1-16(2)17(3,4)24-18(23-16)14(19)11-13-15(22-10-9-21-13)12-5-7-20-8-6-12/h5-11H,1-4H3. The van der Waals surface area contributed by atoms with Crippen LogP contribution in [0.5, 0.6) is 0 Å². The Bertz CT molecular complexity index is 749. The molecule has 1 saturated heterocycles. The third-order valence-corrected chi connectivity index (χ3v) is 4.43. The third kappa shape index (κ3) is 3.09. The number of rotatable bonds is 3. The molecule has 2 aromatic heterocycles. The Balaban J connectivity index is 1.93. The van der Waals surface area contributed by atoms with Gasteiger partial charge in [0.1, 0.15) is 5.73 Å². The molecule has 0 bridgehead atoms. The lowest BCUT2D eigenvalue weighted by atomic mass is 9.87. The van der Waals surface area contributed by atoms with Gasteiger partial charge < -0.3 is 9.31 Å². The Labute approximate surface area is 141 Å². The second-order valence-electron chi connectivity index (χ2n) is 6.64. The van der Waals surface area contributed by atoms with Gasteiger partial charge in [0.2, 0.25) is 0 Å². The van der Waals surface area contributed by atoms with Gasteiger partial charge in [-0.15, -0.1) is 0 Å². The second-order valence-corrected chi connectivity index (χ2v) is 6.64. The highest BCUT2D eigenvalue weighted by atomic mass is 19.1. The maximum Gasteiger partial charge on any atom is 0.525 e. The largest absolute Gasteiger partial charge is 0.525 e. The molecule has 1 aliphatic heterocycles. The summed E-state index contributed by atoms with van der Waals surface area (Å²) < 4.78 is 26.1. The lowest BCUT2D eigenvalue weighted by molar-refractivity contribution is 0.00578. The lowest BCUT2D eigenvalue weighted by Crippen LogP contribution is -2.41. The molecule has 0 radical (unpaired) electrons. The van der Waals surface area contributed by atoms with Crippen molar-refractivity contribution in [2.75, 3.05) is 0 Å². The maximum atomic E-state index is 14.7. The van der Waals surface area contributed by atoms with Gasteiger partial charge in [-0.1, -0.05) is 0 Å². The fourth-order valence-corrected chi connectivity index (χ4v) is 2.34. The normalized spacial score (nSPS) is 19.5. The summed E-state index contributed by atoms with van der Waals surface area (Å²) in [6.45, 7) is 7.52. The highest BCUT2D eigenvalue weighted by Crippen LogP contribution is 2.39. The SMILES string of the molecule is CC1(C)OB(C(F)=Cc2nccnc2-c2ccncc2)OC1(C)C. The van der Waals surface area contributed by atoms with Crippen LogP contribution in [0.1, 0.15) is 33.4 Å². The summed E-state index contributed by atoms with van der Waals surface area (Å²) in [7, 11) is -1.05. The smallest absolute Gasteiger partial charge is 0.398 e. The van der Waals surface area contributed by atoms with E-state index >= 15 is 0 Å². The number of nitrogens with zero attached hydrogens (tertiary/aromatic N) is 3. The first kappa shape index (κ1) is 16.7. The Morgan fingerprint density at radius 2 is 1.58 bits per heavy atom. The van der Waals surface area contributed by atoms with Gasteiger partial charge in [0.25, 0.3) is 0 Å². The lowest BCUT2D eigenvalue weighted by Gasteiger charge is -2.32. The molecular formula is C17H19BFN3O2. The topological polar surface area (TPSA) is 57.1 Å². The van der Waals surface area contributed by atoms with Gasteiger partial charge in [-0.25, -0.2) is 4.39 Å². The molecule has 0 unspecified atom stereocenters. The van der Waals surface area contributed by atoms with E-state index in [1.807, 2.05) is 27.7 Å². The number of aromatic nitrogens is 3. The van der Waals surface area contributed by atoms with E-state index < -0.39 is 24.0 Å². The van der Waals surface area contributed by atoms with Crippen LogP contribution in [0.25, 0.3) is 17.3 Å². The predicted octanol–water partition coefficient (Wildman–Crippen LogP) is 3.48. The van der Waals surface area contributed by atoms with Crippen molar-refractivity contribution in [3.63, 3.8) is 0 Å². The van der Waals surface area contributed by atoms with Gasteiger partial charge in [-0.3, -0.25) is 15.0 Å². The molecule has 7 heteroatoms. The predicted molar refractivity (Wildman–Crippen MR) is 90.4 cm³/mol. The first-order valence-corrected chi connectivity index (χ1v) is 7.74. The van der Waals surface area contributed by atoms with Crippen LogP contribution in [0.3, 0.4) is 0 Å². The minimum absolute atomic E-state index is 0.413. The van der Waals surface area contributed by atoms with E-state index in [1.165, 1.54) is 12.3 Å². The zero-order chi connectivity index (χ0) is 17.4. The van der Waals surface area contributed by atoms with E-state index in [2.05, 4.69) is 15.0 Å². The van der Waals surface area contributed by atoms with Crippen LogP contribution in [-0.4, -0.2) is 33.3 Å². The van der Waals surface area contributed by atoms with E-state index in [9.17, 15) is 4.39 Å². The highest BCUT2D eigenvalue weighted by molar-refractivity contribution is 6.54. The molecule has 0 aliphatic carbocycles. The number of hydrogen-bond donors (Lipinski definition) is 0. The molecule has 0 saturated carbocycles. The van der Waals surface area contributed by atoms with Crippen LogP contribution < -0.4 is 0 Å². The van der Waals surface area contributed by atoms with Gasteiger partial charge in [0.05, 0.1) is 22.6 Å². The quantitative estimate of drug-likeness (QED) is 0.808. The molecule has 24 heavy (non-hydrogen) atoms. The fraction of sp³-hybridized carbons (Fsp3) is 0.353. The van der Waals surface area contributed by atoms with Crippen LogP contribution in [-0.2, 0) is 9.31 Å². The van der Waals surface area contributed by atoms with Gasteiger partial charge in [0.15, 0.2) is 0 Å². The number of halogens is 1. The van der Waals surface area contributed by atoms with Crippen molar-refractivity contribution in [2.24, 2.45) is 0 Å². The zero-order valence-corrected chi connectivity index (χ0v) is 14.2. The monoisotopic (exact) mass is 327 g/mol. The Morgan fingerprint density at radius 1 is 1.00 bits per heavy atom. The van der Waals surface area contributed by atoms with Gasteiger partial charge in [-0.2, -0.15) is 0 Å². The minimum atomic E-state index is -1.05. The summed E-state index contributed by atoms with van der Waals surface area (Å²) in [4.78, 5) is 12.5.